The summed E-state index contributed by atoms with van der Waals surface area (Å²) >= 11 is 0. The minimum atomic E-state index is 0.360. The molecule has 0 saturated carbocycles. The van der Waals surface area contributed by atoms with Crippen molar-refractivity contribution < 1.29 is 4.74 Å². The number of allylic oxidation sites excluding steroid dienone is 1. The summed E-state index contributed by atoms with van der Waals surface area (Å²) in [6, 6.07) is 0. The first-order chi connectivity index (χ1) is 8.35. The first-order valence-electron chi connectivity index (χ1n) is 7.63. The monoisotopic (exact) mass is 240 g/mol. The van der Waals surface area contributed by atoms with Crippen LogP contribution in [0.1, 0.15) is 78.6 Å². The second-order valence-corrected chi connectivity index (χ2v) is 4.77. The van der Waals surface area contributed by atoms with Gasteiger partial charge < -0.3 is 4.74 Å². The van der Waals surface area contributed by atoms with E-state index in [1.165, 1.54) is 57.8 Å². The van der Waals surface area contributed by atoms with Gasteiger partial charge in [0, 0.05) is 6.61 Å². The van der Waals surface area contributed by atoms with Gasteiger partial charge in [-0.25, -0.2) is 0 Å². The van der Waals surface area contributed by atoms with Crippen molar-refractivity contribution in [2.24, 2.45) is 0 Å². The normalized spacial score (nSPS) is 13.4. The molecule has 0 aliphatic heterocycles. The van der Waals surface area contributed by atoms with Crippen LogP contribution in [0.4, 0.5) is 0 Å². The molecule has 0 saturated heterocycles. The van der Waals surface area contributed by atoms with E-state index in [0.717, 1.165) is 6.61 Å². The van der Waals surface area contributed by atoms with Crippen molar-refractivity contribution in [1.29, 1.82) is 0 Å². The van der Waals surface area contributed by atoms with Crippen molar-refractivity contribution in [3.05, 3.63) is 12.2 Å². The van der Waals surface area contributed by atoms with Crippen LogP contribution >= 0.6 is 0 Å². The Balaban J connectivity index is 3.62. The number of hydrogen-bond donors (Lipinski definition) is 0. The minimum absolute atomic E-state index is 0.360. The van der Waals surface area contributed by atoms with Gasteiger partial charge in [0.15, 0.2) is 0 Å². The van der Waals surface area contributed by atoms with E-state index in [1.807, 2.05) is 0 Å². The van der Waals surface area contributed by atoms with E-state index < -0.39 is 0 Å². The lowest BCUT2D eigenvalue weighted by atomic mass is 10.1. The third kappa shape index (κ3) is 12.0. The summed E-state index contributed by atoms with van der Waals surface area (Å²) < 4.78 is 5.74. The summed E-state index contributed by atoms with van der Waals surface area (Å²) in [5.41, 5.74) is 0. The molecule has 0 aromatic heterocycles. The summed E-state index contributed by atoms with van der Waals surface area (Å²) in [6.07, 6.45) is 16.7. The smallest absolute Gasteiger partial charge is 0.0755 e. The summed E-state index contributed by atoms with van der Waals surface area (Å²) in [6.45, 7) is 7.42. The van der Waals surface area contributed by atoms with Crippen LogP contribution in [-0.2, 0) is 4.74 Å². The summed E-state index contributed by atoms with van der Waals surface area (Å²) in [5.74, 6) is 0. The molecule has 0 bridgehead atoms. The third-order valence-electron chi connectivity index (χ3n) is 3.05. The maximum absolute atomic E-state index is 5.74. The number of rotatable bonds is 12. The van der Waals surface area contributed by atoms with Gasteiger partial charge in [0.2, 0.25) is 0 Å². The van der Waals surface area contributed by atoms with E-state index >= 15 is 0 Å². The minimum Gasteiger partial charge on any atom is -0.374 e. The Morgan fingerprint density at radius 2 is 1.59 bits per heavy atom. The second-order valence-electron chi connectivity index (χ2n) is 4.77. The van der Waals surface area contributed by atoms with E-state index in [4.69, 9.17) is 4.74 Å². The third-order valence-corrected chi connectivity index (χ3v) is 3.05. The Kier molecular flexibility index (Phi) is 13.5. The number of hydrogen-bond acceptors (Lipinski definition) is 1. The molecule has 0 fully saturated rings. The summed E-state index contributed by atoms with van der Waals surface area (Å²) in [7, 11) is 0. The molecule has 0 aliphatic carbocycles. The van der Waals surface area contributed by atoms with Crippen molar-refractivity contribution in [2.45, 2.75) is 84.7 Å². The van der Waals surface area contributed by atoms with Gasteiger partial charge in [-0.15, -0.1) is 0 Å². The van der Waals surface area contributed by atoms with Crippen molar-refractivity contribution in [2.75, 3.05) is 6.61 Å². The fraction of sp³-hybridized carbons (Fsp3) is 0.875. The largest absolute Gasteiger partial charge is 0.374 e. The average Bonchev–Trinajstić information content (AvgIpc) is 2.34. The fourth-order valence-electron chi connectivity index (χ4n) is 1.97. The number of ether oxygens (including phenoxy) is 1. The molecule has 0 radical (unpaired) electrons. The molecule has 0 amide bonds. The van der Waals surface area contributed by atoms with Crippen molar-refractivity contribution >= 4 is 0 Å². The lowest BCUT2D eigenvalue weighted by Crippen LogP contribution is -2.09. The maximum Gasteiger partial charge on any atom is 0.0755 e. The molecule has 0 spiro atoms. The van der Waals surface area contributed by atoms with Gasteiger partial charge in [-0.1, -0.05) is 70.9 Å². The fourth-order valence-corrected chi connectivity index (χ4v) is 1.97. The second kappa shape index (κ2) is 13.8. The van der Waals surface area contributed by atoms with Crippen LogP contribution in [0.25, 0.3) is 0 Å². The topological polar surface area (TPSA) is 9.23 Å². The standard InChI is InChI=1S/C16H32O/c1-4-7-9-11-13-15-16(17-6-3)14-12-10-8-5-2/h12,14,16H,4-11,13,15H2,1-3H3. The Morgan fingerprint density at radius 3 is 2.24 bits per heavy atom. The van der Waals surface area contributed by atoms with Crippen molar-refractivity contribution in [3.63, 3.8) is 0 Å². The predicted octanol–water partition coefficient (Wildman–Crippen LogP) is 5.50. The van der Waals surface area contributed by atoms with Crippen LogP contribution in [0.3, 0.4) is 0 Å². The molecule has 0 aromatic rings. The molecule has 102 valence electrons. The zero-order valence-corrected chi connectivity index (χ0v) is 12.2. The predicted molar refractivity (Wildman–Crippen MR) is 77.5 cm³/mol. The lowest BCUT2D eigenvalue weighted by molar-refractivity contribution is 0.0880. The molecule has 17 heavy (non-hydrogen) atoms. The highest BCUT2D eigenvalue weighted by molar-refractivity contribution is 4.89. The van der Waals surface area contributed by atoms with Gasteiger partial charge in [-0.3, -0.25) is 0 Å². The molecule has 0 rings (SSSR count). The van der Waals surface area contributed by atoms with Crippen molar-refractivity contribution in [3.8, 4) is 0 Å². The van der Waals surface area contributed by atoms with Gasteiger partial charge in [0.1, 0.15) is 0 Å². The van der Waals surface area contributed by atoms with E-state index in [9.17, 15) is 0 Å². The summed E-state index contributed by atoms with van der Waals surface area (Å²) in [5, 5.41) is 0. The summed E-state index contributed by atoms with van der Waals surface area (Å²) in [4.78, 5) is 0. The van der Waals surface area contributed by atoms with Gasteiger partial charge in [0.25, 0.3) is 0 Å². The molecule has 0 N–H and O–H groups in total. The van der Waals surface area contributed by atoms with E-state index in [2.05, 4.69) is 32.9 Å². The van der Waals surface area contributed by atoms with Gasteiger partial charge >= 0.3 is 0 Å². The molecule has 1 nitrogen and oxygen atoms in total. The van der Waals surface area contributed by atoms with Crippen molar-refractivity contribution in [1.82, 2.24) is 0 Å². The first-order valence-corrected chi connectivity index (χ1v) is 7.63. The van der Waals surface area contributed by atoms with Crippen LogP contribution in [0.5, 0.6) is 0 Å². The molecular weight excluding hydrogens is 208 g/mol. The maximum atomic E-state index is 5.74. The average molecular weight is 240 g/mol. The van der Waals surface area contributed by atoms with E-state index in [-0.39, 0.29) is 0 Å². The van der Waals surface area contributed by atoms with Crippen LogP contribution in [0.15, 0.2) is 12.2 Å². The number of unbranched alkanes of at least 4 members (excludes halogenated alkanes) is 6. The Bertz CT molecular complexity index is 163. The van der Waals surface area contributed by atoms with Crippen LogP contribution in [0.2, 0.25) is 0 Å². The highest BCUT2D eigenvalue weighted by Crippen LogP contribution is 2.11. The zero-order chi connectivity index (χ0) is 12.8. The highest BCUT2D eigenvalue weighted by Gasteiger charge is 2.03. The molecule has 1 unspecified atom stereocenters. The first kappa shape index (κ1) is 16.7. The van der Waals surface area contributed by atoms with Crippen LogP contribution in [0, 0.1) is 0 Å². The quantitative estimate of drug-likeness (QED) is 0.323. The molecule has 0 heterocycles. The van der Waals surface area contributed by atoms with E-state index in [1.54, 1.807) is 0 Å². The highest BCUT2D eigenvalue weighted by atomic mass is 16.5. The Labute approximate surface area is 109 Å². The molecule has 0 aliphatic rings. The van der Waals surface area contributed by atoms with Gasteiger partial charge in [0.05, 0.1) is 6.10 Å². The zero-order valence-electron chi connectivity index (χ0n) is 12.2. The van der Waals surface area contributed by atoms with E-state index in [0.29, 0.717) is 6.10 Å². The molecule has 0 aromatic carbocycles. The Morgan fingerprint density at radius 1 is 0.882 bits per heavy atom. The molecule has 1 atom stereocenters. The van der Waals surface area contributed by atoms with Gasteiger partial charge in [-0.05, 0) is 19.8 Å². The van der Waals surface area contributed by atoms with Crippen LogP contribution < -0.4 is 0 Å². The van der Waals surface area contributed by atoms with Crippen LogP contribution in [-0.4, -0.2) is 12.7 Å². The Hall–Kier alpha value is -0.300. The SMILES string of the molecule is CCCCC=CC(CCCCCCC)OCC. The molecule has 1 heteroatoms. The van der Waals surface area contributed by atoms with Gasteiger partial charge in [-0.2, -0.15) is 0 Å². The lowest BCUT2D eigenvalue weighted by Gasteiger charge is -2.12. The molecular formula is C16H32O.